The summed E-state index contributed by atoms with van der Waals surface area (Å²) in [5, 5.41) is 3.01. The highest BCUT2D eigenvalue weighted by molar-refractivity contribution is 5.91. The van der Waals surface area contributed by atoms with E-state index in [1.807, 2.05) is 56.0 Å². The van der Waals surface area contributed by atoms with Crippen LogP contribution in [0.15, 0.2) is 30.3 Å². The maximum absolute atomic E-state index is 13.4. The van der Waals surface area contributed by atoms with Crippen molar-refractivity contribution in [2.45, 2.75) is 90.5 Å². The highest BCUT2D eigenvalue weighted by Gasteiger charge is 2.42. The summed E-state index contributed by atoms with van der Waals surface area (Å²) >= 11 is 0. The Kier molecular flexibility index (Phi) is 9.51. The lowest BCUT2D eigenvalue weighted by molar-refractivity contribution is -0.140. The van der Waals surface area contributed by atoms with Crippen LogP contribution in [0.5, 0.6) is 0 Å². The summed E-state index contributed by atoms with van der Waals surface area (Å²) in [6, 6.07) is 9.64. The predicted octanol–water partition coefficient (Wildman–Crippen LogP) is 3.41. The average Bonchev–Trinajstić information content (AvgIpc) is 3.16. The summed E-state index contributed by atoms with van der Waals surface area (Å²) in [6.45, 7) is 7.14. The third-order valence-electron chi connectivity index (χ3n) is 7.15. The molecule has 3 amide bonds. The lowest BCUT2D eigenvalue weighted by Gasteiger charge is -2.29. The maximum Gasteiger partial charge on any atom is 0.245 e. The summed E-state index contributed by atoms with van der Waals surface area (Å²) in [5.74, 6) is -1.47. The topological polar surface area (TPSA) is 102 Å². The molecule has 0 aromatic heterocycles. The van der Waals surface area contributed by atoms with Crippen LogP contribution < -0.4 is 11.1 Å². The number of rotatable bonds is 11. The van der Waals surface area contributed by atoms with Crippen LogP contribution >= 0.6 is 0 Å². The molecule has 7 nitrogen and oxygen atoms in total. The zero-order chi connectivity index (χ0) is 24.7. The van der Waals surface area contributed by atoms with E-state index in [9.17, 15) is 14.4 Å². The molecule has 5 atom stereocenters. The average molecular weight is 472 g/mol. The van der Waals surface area contributed by atoms with Crippen molar-refractivity contribution < 1.29 is 19.1 Å². The van der Waals surface area contributed by atoms with Gasteiger partial charge >= 0.3 is 0 Å². The number of nitrogens with one attached hydrogen (secondary N) is 1. The molecule has 0 saturated carbocycles. The molecule has 2 saturated heterocycles. The molecule has 1 aromatic carbocycles. The standard InChI is InChI=1S/C27H41N3O4/c1-4-9-22(25(28)31)23(14-18(2)3)26(32)29-24-13-8-12-20-15-21(16-30(20)27(24)33)34-17-19-10-6-5-7-11-19/h5-7,10-11,18,20-24H,4,8-9,12-17H2,1-3H3,(H2,28,31)(H,29,32). The first-order valence-corrected chi connectivity index (χ1v) is 12.9. The van der Waals surface area contributed by atoms with Crippen LogP contribution in [0.2, 0.25) is 0 Å². The van der Waals surface area contributed by atoms with Gasteiger partial charge in [-0.25, -0.2) is 0 Å². The zero-order valence-corrected chi connectivity index (χ0v) is 20.9. The molecule has 34 heavy (non-hydrogen) atoms. The first kappa shape index (κ1) is 26.2. The molecule has 2 aliphatic heterocycles. The third kappa shape index (κ3) is 6.81. The predicted molar refractivity (Wildman–Crippen MR) is 131 cm³/mol. The van der Waals surface area contributed by atoms with Crippen molar-refractivity contribution >= 4 is 17.7 Å². The van der Waals surface area contributed by atoms with E-state index in [1.165, 1.54) is 0 Å². The molecule has 188 valence electrons. The fraction of sp³-hybridized carbons (Fsp3) is 0.667. The highest BCUT2D eigenvalue weighted by Crippen LogP contribution is 2.30. The van der Waals surface area contributed by atoms with Gasteiger partial charge < -0.3 is 20.7 Å². The van der Waals surface area contributed by atoms with Crippen LogP contribution in [0.25, 0.3) is 0 Å². The van der Waals surface area contributed by atoms with Crippen molar-refractivity contribution in [3.8, 4) is 0 Å². The van der Waals surface area contributed by atoms with Crippen LogP contribution in [0.3, 0.4) is 0 Å². The van der Waals surface area contributed by atoms with Gasteiger partial charge in [0.25, 0.3) is 0 Å². The number of primary amides is 1. The van der Waals surface area contributed by atoms with Gasteiger partial charge in [-0.05, 0) is 50.0 Å². The molecular formula is C27H41N3O4. The summed E-state index contributed by atoms with van der Waals surface area (Å²) in [5.41, 5.74) is 6.79. The van der Waals surface area contributed by atoms with E-state index in [4.69, 9.17) is 10.5 Å². The highest BCUT2D eigenvalue weighted by atomic mass is 16.5. The summed E-state index contributed by atoms with van der Waals surface area (Å²) in [4.78, 5) is 40.8. The minimum absolute atomic E-state index is 0.00101. The van der Waals surface area contributed by atoms with Gasteiger partial charge in [0.2, 0.25) is 17.7 Å². The molecular weight excluding hydrogens is 430 g/mol. The van der Waals surface area contributed by atoms with E-state index < -0.39 is 23.8 Å². The van der Waals surface area contributed by atoms with E-state index in [1.54, 1.807) is 0 Å². The second kappa shape index (κ2) is 12.3. The number of ether oxygens (including phenoxy) is 1. The Morgan fingerprint density at radius 2 is 1.91 bits per heavy atom. The Morgan fingerprint density at radius 1 is 1.18 bits per heavy atom. The minimum Gasteiger partial charge on any atom is -0.372 e. The molecule has 3 N–H and O–H groups in total. The zero-order valence-electron chi connectivity index (χ0n) is 20.9. The number of carbonyl (C=O) groups is 3. The van der Waals surface area contributed by atoms with Crippen molar-refractivity contribution in [3.05, 3.63) is 35.9 Å². The molecule has 3 rings (SSSR count). The van der Waals surface area contributed by atoms with E-state index in [-0.39, 0.29) is 29.9 Å². The number of nitrogens with two attached hydrogens (primary N) is 1. The first-order chi connectivity index (χ1) is 16.3. The SMILES string of the molecule is CCCC(C(N)=O)C(CC(C)C)C(=O)NC1CCCC2CC(OCc3ccccc3)CN2C1=O. The molecule has 2 fully saturated rings. The maximum atomic E-state index is 13.4. The van der Waals surface area contributed by atoms with Gasteiger partial charge in [-0.3, -0.25) is 14.4 Å². The van der Waals surface area contributed by atoms with Gasteiger partial charge in [0.05, 0.1) is 12.7 Å². The van der Waals surface area contributed by atoms with Crippen LogP contribution in [-0.2, 0) is 25.7 Å². The second-order valence-electron chi connectivity index (χ2n) is 10.3. The minimum atomic E-state index is -0.560. The Morgan fingerprint density at radius 3 is 2.56 bits per heavy atom. The molecule has 0 aliphatic carbocycles. The summed E-state index contributed by atoms with van der Waals surface area (Å²) in [6.07, 6.45) is 5.16. The molecule has 0 bridgehead atoms. The molecule has 7 heteroatoms. The molecule has 2 aliphatic rings. The van der Waals surface area contributed by atoms with E-state index in [2.05, 4.69) is 5.32 Å². The summed E-state index contributed by atoms with van der Waals surface area (Å²) in [7, 11) is 0. The number of hydrogen-bond donors (Lipinski definition) is 2. The molecule has 2 heterocycles. The van der Waals surface area contributed by atoms with Gasteiger partial charge in [-0.15, -0.1) is 0 Å². The lowest BCUT2D eigenvalue weighted by Crippen LogP contribution is -2.51. The normalized spacial score (nSPS) is 24.4. The largest absolute Gasteiger partial charge is 0.372 e. The van der Waals surface area contributed by atoms with Crippen molar-refractivity contribution in [2.75, 3.05) is 6.54 Å². The smallest absolute Gasteiger partial charge is 0.245 e. The van der Waals surface area contributed by atoms with Crippen LogP contribution in [0.4, 0.5) is 0 Å². The Bertz CT molecular complexity index is 828. The van der Waals surface area contributed by atoms with Crippen molar-refractivity contribution in [1.82, 2.24) is 10.2 Å². The number of fused-ring (bicyclic) bond motifs is 1. The number of nitrogens with zero attached hydrogens (tertiary/aromatic N) is 1. The second-order valence-corrected chi connectivity index (χ2v) is 10.3. The summed E-state index contributed by atoms with van der Waals surface area (Å²) < 4.78 is 6.12. The molecule has 5 unspecified atom stereocenters. The Labute approximate surface area is 203 Å². The Balaban J connectivity index is 1.64. The Hall–Kier alpha value is -2.41. The van der Waals surface area contributed by atoms with Crippen molar-refractivity contribution in [3.63, 3.8) is 0 Å². The molecule has 1 aromatic rings. The monoisotopic (exact) mass is 471 g/mol. The van der Waals surface area contributed by atoms with Crippen LogP contribution in [0.1, 0.15) is 71.3 Å². The van der Waals surface area contributed by atoms with Crippen LogP contribution in [-0.4, -0.2) is 47.4 Å². The number of carbonyl (C=O) groups excluding carboxylic acids is 3. The fourth-order valence-corrected chi connectivity index (χ4v) is 5.43. The van der Waals surface area contributed by atoms with Gasteiger partial charge in [-0.2, -0.15) is 0 Å². The number of hydrogen-bond acceptors (Lipinski definition) is 4. The van der Waals surface area contributed by atoms with Crippen molar-refractivity contribution in [1.29, 1.82) is 0 Å². The molecule has 0 radical (unpaired) electrons. The van der Waals surface area contributed by atoms with E-state index in [0.717, 1.165) is 31.2 Å². The van der Waals surface area contributed by atoms with E-state index >= 15 is 0 Å². The van der Waals surface area contributed by atoms with E-state index in [0.29, 0.717) is 32.4 Å². The molecule has 0 spiro atoms. The quantitative estimate of drug-likeness (QED) is 0.516. The van der Waals surface area contributed by atoms with Gasteiger partial charge in [-0.1, -0.05) is 57.5 Å². The van der Waals surface area contributed by atoms with Crippen molar-refractivity contribution in [2.24, 2.45) is 23.5 Å². The fourth-order valence-electron chi connectivity index (χ4n) is 5.43. The first-order valence-electron chi connectivity index (χ1n) is 12.9. The van der Waals surface area contributed by atoms with Gasteiger partial charge in [0, 0.05) is 24.4 Å². The van der Waals surface area contributed by atoms with Gasteiger partial charge in [0.15, 0.2) is 0 Å². The van der Waals surface area contributed by atoms with Gasteiger partial charge in [0.1, 0.15) is 6.04 Å². The third-order valence-corrected chi connectivity index (χ3v) is 7.15. The number of benzene rings is 1. The van der Waals surface area contributed by atoms with Crippen LogP contribution in [0, 0.1) is 17.8 Å². The lowest BCUT2D eigenvalue weighted by atomic mass is 9.81. The number of amides is 3.